The molecule has 1 aliphatic heterocycles. The fourth-order valence-electron chi connectivity index (χ4n) is 3.09. The van der Waals surface area contributed by atoms with Crippen molar-refractivity contribution in [3.8, 4) is 0 Å². The monoisotopic (exact) mass is 297 g/mol. The molecule has 2 aromatic rings. The van der Waals surface area contributed by atoms with Gasteiger partial charge >= 0.3 is 0 Å². The Morgan fingerprint density at radius 1 is 1.23 bits per heavy atom. The average Bonchev–Trinajstić information content (AvgIpc) is 2.54. The van der Waals surface area contributed by atoms with Gasteiger partial charge in [0.05, 0.1) is 0 Å². The van der Waals surface area contributed by atoms with E-state index >= 15 is 0 Å². The summed E-state index contributed by atoms with van der Waals surface area (Å²) in [7, 11) is 0. The van der Waals surface area contributed by atoms with Crippen LogP contribution in [0.3, 0.4) is 0 Å². The number of nitrogens with two attached hydrogens (primary N) is 1. The van der Waals surface area contributed by atoms with Crippen LogP contribution in [-0.4, -0.2) is 34.3 Å². The maximum atomic E-state index is 12.8. The first-order valence-corrected chi connectivity index (χ1v) is 7.58. The minimum atomic E-state index is -0.353. The van der Waals surface area contributed by atoms with Crippen LogP contribution >= 0.6 is 0 Å². The normalized spacial score (nSPS) is 18.4. The molecule has 2 amide bonds. The Balaban J connectivity index is 1.87. The lowest BCUT2D eigenvalue weighted by atomic mass is 9.97. The summed E-state index contributed by atoms with van der Waals surface area (Å²) in [5.74, 6) is -0.376. The van der Waals surface area contributed by atoms with Crippen molar-refractivity contribution in [2.24, 2.45) is 5.73 Å². The molecule has 1 aliphatic rings. The van der Waals surface area contributed by atoms with Gasteiger partial charge in [0.15, 0.2) is 0 Å². The Labute approximate surface area is 129 Å². The van der Waals surface area contributed by atoms with Crippen LogP contribution in [0.25, 0.3) is 10.8 Å². The van der Waals surface area contributed by atoms with E-state index in [2.05, 4.69) is 4.98 Å². The Kier molecular flexibility index (Phi) is 4.04. The van der Waals surface area contributed by atoms with Crippen molar-refractivity contribution in [2.75, 3.05) is 6.54 Å². The SMILES string of the molecule is NC(=O)CC1CCCCN1C(=O)c1ccc2cnccc2c1. The van der Waals surface area contributed by atoms with Gasteiger partial charge in [-0.15, -0.1) is 0 Å². The molecular weight excluding hydrogens is 278 g/mol. The highest BCUT2D eigenvalue weighted by Crippen LogP contribution is 2.23. The molecule has 0 aliphatic carbocycles. The van der Waals surface area contributed by atoms with E-state index in [1.54, 1.807) is 17.3 Å². The molecule has 0 saturated carbocycles. The number of likely N-dealkylation sites (tertiary alicyclic amines) is 1. The van der Waals surface area contributed by atoms with Gasteiger partial charge in [-0.3, -0.25) is 14.6 Å². The van der Waals surface area contributed by atoms with E-state index in [1.165, 1.54) is 0 Å². The lowest BCUT2D eigenvalue weighted by Crippen LogP contribution is -2.45. The Bertz CT molecular complexity index is 714. The summed E-state index contributed by atoms with van der Waals surface area (Å²) < 4.78 is 0. The number of fused-ring (bicyclic) bond motifs is 1. The maximum Gasteiger partial charge on any atom is 0.254 e. The Morgan fingerprint density at radius 3 is 2.91 bits per heavy atom. The van der Waals surface area contributed by atoms with Gasteiger partial charge < -0.3 is 10.6 Å². The molecule has 1 atom stereocenters. The van der Waals surface area contributed by atoms with Crippen molar-refractivity contribution in [3.05, 3.63) is 42.2 Å². The first-order chi connectivity index (χ1) is 10.6. The second-order valence-corrected chi connectivity index (χ2v) is 5.76. The van der Waals surface area contributed by atoms with E-state index in [0.717, 1.165) is 30.0 Å². The van der Waals surface area contributed by atoms with Crippen molar-refractivity contribution in [2.45, 2.75) is 31.7 Å². The third-order valence-electron chi connectivity index (χ3n) is 4.21. The molecule has 0 bridgehead atoms. The highest BCUT2D eigenvalue weighted by molar-refractivity contribution is 5.98. The fourth-order valence-corrected chi connectivity index (χ4v) is 3.09. The first kappa shape index (κ1) is 14.5. The highest BCUT2D eigenvalue weighted by atomic mass is 16.2. The summed E-state index contributed by atoms with van der Waals surface area (Å²) >= 11 is 0. The van der Waals surface area contributed by atoms with Gasteiger partial charge in [0.1, 0.15) is 0 Å². The molecule has 1 unspecified atom stereocenters. The van der Waals surface area contributed by atoms with Gasteiger partial charge in [0.25, 0.3) is 5.91 Å². The number of pyridine rings is 1. The van der Waals surface area contributed by atoms with Crippen LogP contribution in [0.2, 0.25) is 0 Å². The van der Waals surface area contributed by atoms with Crippen molar-refractivity contribution in [1.82, 2.24) is 9.88 Å². The Hall–Kier alpha value is -2.43. The van der Waals surface area contributed by atoms with Crippen LogP contribution in [0.1, 0.15) is 36.0 Å². The molecule has 5 heteroatoms. The molecule has 3 rings (SSSR count). The number of carbonyl (C=O) groups is 2. The van der Waals surface area contributed by atoms with Crippen LogP contribution < -0.4 is 5.73 Å². The van der Waals surface area contributed by atoms with Crippen LogP contribution in [0.4, 0.5) is 0 Å². The molecule has 2 heterocycles. The van der Waals surface area contributed by atoms with Gasteiger partial charge in [0.2, 0.25) is 5.91 Å². The van der Waals surface area contributed by atoms with Crippen LogP contribution in [0.5, 0.6) is 0 Å². The number of rotatable bonds is 3. The summed E-state index contributed by atoms with van der Waals surface area (Å²) in [5, 5.41) is 2.00. The van der Waals surface area contributed by atoms with E-state index in [-0.39, 0.29) is 24.3 Å². The summed E-state index contributed by atoms with van der Waals surface area (Å²) in [4.78, 5) is 29.9. The third kappa shape index (κ3) is 2.93. The minimum Gasteiger partial charge on any atom is -0.370 e. The summed E-state index contributed by atoms with van der Waals surface area (Å²) in [6.45, 7) is 0.686. The van der Waals surface area contributed by atoms with Gasteiger partial charge in [0, 0.05) is 42.4 Å². The lowest BCUT2D eigenvalue weighted by molar-refractivity contribution is -0.119. The summed E-state index contributed by atoms with van der Waals surface area (Å²) in [5.41, 5.74) is 5.96. The van der Waals surface area contributed by atoms with Gasteiger partial charge in [-0.05, 0) is 42.8 Å². The number of piperidine rings is 1. The van der Waals surface area contributed by atoms with Gasteiger partial charge in [-0.1, -0.05) is 6.07 Å². The molecule has 5 nitrogen and oxygen atoms in total. The molecule has 0 radical (unpaired) electrons. The number of benzene rings is 1. The quantitative estimate of drug-likeness (QED) is 0.942. The molecule has 114 valence electrons. The van der Waals surface area contributed by atoms with E-state index in [9.17, 15) is 9.59 Å². The number of amides is 2. The van der Waals surface area contributed by atoms with Crippen molar-refractivity contribution < 1.29 is 9.59 Å². The van der Waals surface area contributed by atoms with Gasteiger partial charge in [-0.2, -0.15) is 0 Å². The minimum absolute atomic E-state index is 0.0235. The van der Waals surface area contributed by atoms with Crippen molar-refractivity contribution >= 4 is 22.6 Å². The van der Waals surface area contributed by atoms with E-state index < -0.39 is 0 Å². The van der Waals surface area contributed by atoms with Crippen molar-refractivity contribution in [3.63, 3.8) is 0 Å². The molecule has 0 spiro atoms. The number of primary amides is 1. The lowest BCUT2D eigenvalue weighted by Gasteiger charge is -2.35. The number of aromatic nitrogens is 1. The topological polar surface area (TPSA) is 76.3 Å². The van der Waals surface area contributed by atoms with Gasteiger partial charge in [-0.25, -0.2) is 0 Å². The molecule has 1 aromatic heterocycles. The number of hydrogen-bond donors (Lipinski definition) is 1. The first-order valence-electron chi connectivity index (χ1n) is 7.58. The average molecular weight is 297 g/mol. The largest absolute Gasteiger partial charge is 0.370 e. The van der Waals surface area contributed by atoms with E-state index in [1.807, 2.05) is 24.3 Å². The molecule has 1 saturated heterocycles. The highest BCUT2D eigenvalue weighted by Gasteiger charge is 2.28. The summed E-state index contributed by atoms with van der Waals surface area (Å²) in [6, 6.07) is 7.43. The Morgan fingerprint density at radius 2 is 2.09 bits per heavy atom. The molecule has 1 fully saturated rings. The zero-order chi connectivity index (χ0) is 15.5. The molecule has 22 heavy (non-hydrogen) atoms. The second kappa shape index (κ2) is 6.13. The van der Waals surface area contributed by atoms with E-state index in [0.29, 0.717) is 12.1 Å². The second-order valence-electron chi connectivity index (χ2n) is 5.76. The summed E-state index contributed by atoms with van der Waals surface area (Å²) in [6.07, 6.45) is 6.58. The molecular formula is C17H19N3O2. The molecule has 2 N–H and O–H groups in total. The smallest absolute Gasteiger partial charge is 0.254 e. The standard InChI is InChI=1S/C17H19N3O2/c18-16(21)10-15-3-1-2-8-20(15)17(22)13-4-5-14-11-19-7-6-12(14)9-13/h4-7,9,11,15H,1-3,8,10H2,(H2,18,21). The fraction of sp³-hybridized carbons (Fsp3) is 0.353. The predicted octanol–water partition coefficient (Wildman–Crippen LogP) is 2.10. The molecule has 1 aromatic carbocycles. The maximum absolute atomic E-state index is 12.8. The zero-order valence-electron chi connectivity index (χ0n) is 12.4. The van der Waals surface area contributed by atoms with Crippen LogP contribution in [0, 0.1) is 0 Å². The number of hydrogen-bond acceptors (Lipinski definition) is 3. The number of nitrogens with zero attached hydrogens (tertiary/aromatic N) is 2. The van der Waals surface area contributed by atoms with Crippen LogP contribution in [-0.2, 0) is 4.79 Å². The number of carbonyl (C=O) groups excluding carboxylic acids is 2. The van der Waals surface area contributed by atoms with Crippen molar-refractivity contribution in [1.29, 1.82) is 0 Å². The predicted molar refractivity (Wildman–Crippen MR) is 84.2 cm³/mol. The van der Waals surface area contributed by atoms with Crippen LogP contribution in [0.15, 0.2) is 36.7 Å². The third-order valence-corrected chi connectivity index (χ3v) is 4.21. The zero-order valence-corrected chi connectivity index (χ0v) is 12.4. The van der Waals surface area contributed by atoms with E-state index in [4.69, 9.17) is 5.73 Å².